The predicted octanol–water partition coefficient (Wildman–Crippen LogP) is 1.89. The maximum Gasteiger partial charge on any atom is 0.0220 e. The second-order valence-electron chi connectivity index (χ2n) is 3.11. The Balaban J connectivity index is 2.50. The molecule has 1 atom stereocenters. The molecule has 0 saturated carbocycles. The summed E-state index contributed by atoms with van der Waals surface area (Å²) in [6.45, 7) is 3.61. The Morgan fingerprint density at radius 1 is 1.46 bits per heavy atom. The van der Waals surface area contributed by atoms with Gasteiger partial charge in [-0.3, -0.25) is 0 Å². The minimum absolute atomic E-state index is 0.368. The second kappa shape index (κ2) is 5.37. The maximum atomic E-state index is 5.50. The van der Waals surface area contributed by atoms with E-state index in [-0.39, 0.29) is 0 Å². The Morgan fingerprint density at radius 3 is 2.77 bits per heavy atom. The molecule has 3 heteroatoms. The molecule has 72 valence electrons. The summed E-state index contributed by atoms with van der Waals surface area (Å²) in [6.07, 6.45) is 0. The van der Waals surface area contributed by atoms with E-state index in [1.165, 1.54) is 5.56 Å². The summed E-state index contributed by atoms with van der Waals surface area (Å²) >= 11 is 3.50. The lowest BCUT2D eigenvalue weighted by Gasteiger charge is -2.11. The van der Waals surface area contributed by atoms with Gasteiger partial charge in [-0.1, -0.05) is 34.1 Å². The first kappa shape index (κ1) is 10.7. The number of hydrogen-bond donors (Lipinski definition) is 2. The minimum Gasteiger partial charge on any atom is -0.329 e. The van der Waals surface area contributed by atoms with Crippen molar-refractivity contribution in [3.05, 3.63) is 34.3 Å². The van der Waals surface area contributed by atoms with Crippen LogP contribution in [-0.2, 0) is 6.54 Å². The first-order valence-electron chi connectivity index (χ1n) is 4.41. The first-order valence-corrected chi connectivity index (χ1v) is 5.20. The largest absolute Gasteiger partial charge is 0.329 e. The Kier molecular flexibility index (Phi) is 4.42. The quantitative estimate of drug-likeness (QED) is 0.847. The second-order valence-corrected chi connectivity index (χ2v) is 3.96. The Hall–Kier alpha value is -0.380. The van der Waals surface area contributed by atoms with Crippen molar-refractivity contribution in [1.29, 1.82) is 0 Å². The van der Waals surface area contributed by atoms with E-state index in [4.69, 9.17) is 5.73 Å². The molecule has 0 aromatic heterocycles. The molecule has 2 nitrogen and oxygen atoms in total. The van der Waals surface area contributed by atoms with Crippen LogP contribution in [0.15, 0.2) is 28.7 Å². The van der Waals surface area contributed by atoms with Crippen LogP contribution in [-0.4, -0.2) is 12.6 Å². The molecular weight excluding hydrogens is 228 g/mol. The molecule has 0 saturated heterocycles. The minimum atomic E-state index is 0.368. The van der Waals surface area contributed by atoms with Gasteiger partial charge in [0, 0.05) is 23.6 Å². The van der Waals surface area contributed by atoms with Gasteiger partial charge in [-0.25, -0.2) is 0 Å². The fourth-order valence-electron chi connectivity index (χ4n) is 1.01. The summed E-state index contributed by atoms with van der Waals surface area (Å²) in [6, 6.07) is 8.56. The average molecular weight is 243 g/mol. The van der Waals surface area contributed by atoms with Crippen molar-refractivity contribution in [2.24, 2.45) is 5.73 Å². The van der Waals surface area contributed by atoms with E-state index in [0.717, 1.165) is 11.0 Å². The zero-order valence-corrected chi connectivity index (χ0v) is 9.34. The Bertz CT molecular complexity index is 263. The molecule has 0 aliphatic carbocycles. The van der Waals surface area contributed by atoms with Crippen molar-refractivity contribution in [1.82, 2.24) is 5.32 Å². The third-order valence-corrected chi connectivity index (χ3v) is 2.73. The summed E-state index contributed by atoms with van der Waals surface area (Å²) in [5.41, 5.74) is 6.77. The highest BCUT2D eigenvalue weighted by Crippen LogP contribution is 2.15. The third kappa shape index (κ3) is 3.46. The molecule has 3 N–H and O–H groups in total. The average Bonchev–Trinajstić information content (AvgIpc) is 2.16. The molecule has 1 aromatic rings. The van der Waals surface area contributed by atoms with Gasteiger partial charge < -0.3 is 11.1 Å². The van der Waals surface area contributed by atoms with Gasteiger partial charge >= 0.3 is 0 Å². The van der Waals surface area contributed by atoms with E-state index < -0.39 is 0 Å². The van der Waals surface area contributed by atoms with E-state index in [1.807, 2.05) is 18.2 Å². The van der Waals surface area contributed by atoms with Gasteiger partial charge in [0.15, 0.2) is 0 Å². The molecule has 0 aliphatic rings. The lowest BCUT2D eigenvalue weighted by Crippen LogP contribution is -2.32. The fraction of sp³-hybridized carbons (Fsp3) is 0.400. The van der Waals surface area contributed by atoms with Crippen LogP contribution >= 0.6 is 15.9 Å². The van der Waals surface area contributed by atoms with Gasteiger partial charge in [0.05, 0.1) is 0 Å². The first-order chi connectivity index (χ1) is 6.24. The summed E-state index contributed by atoms with van der Waals surface area (Å²) in [4.78, 5) is 0. The molecule has 0 aliphatic heterocycles. The number of hydrogen-bond acceptors (Lipinski definition) is 2. The zero-order valence-electron chi connectivity index (χ0n) is 7.76. The van der Waals surface area contributed by atoms with Crippen molar-refractivity contribution >= 4 is 15.9 Å². The molecule has 1 aromatic carbocycles. The van der Waals surface area contributed by atoms with Gasteiger partial charge in [-0.2, -0.15) is 0 Å². The fourth-order valence-corrected chi connectivity index (χ4v) is 1.43. The Labute approximate surface area is 87.6 Å². The van der Waals surface area contributed by atoms with Crippen LogP contribution in [0.3, 0.4) is 0 Å². The molecule has 1 rings (SSSR count). The molecule has 0 fully saturated rings. The summed E-state index contributed by atoms with van der Waals surface area (Å²) in [7, 11) is 0. The van der Waals surface area contributed by atoms with Crippen LogP contribution < -0.4 is 11.1 Å². The zero-order chi connectivity index (χ0) is 9.68. The van der Waals surface area contributed by atoms with Gasteiger partial charge in [0.25, 0.3) is 0 Å². The summed E-state index contributed by atoms with van der Waals surface area (Å²) < 4.78 is 1.15. The van der Waals surface area contributed by atoms with Gasteiger partial charge in [0.2, 0.25) is 0 Å². The highest BCUT2D eigenvalue weighted by molar-refractivity contribution is 9.10. The molecule has 0 unspecified atom stereocenters. The normalized spacial score (nSPS) is 12.8. The highest BCUT2D eigenvalue weighted by atomic mass is 79.9. The van der Waals surface area contributed by atoms with Crippen LogP contribution in [0.4, 0.5) is 0 Å². The highest BCUT2D eigenvalue weighted by Gasteiger charge is 2.00. The van der Waals surface area contributed by atoms with Gasteiger partial charge in [0.1, 0.15) is 0 Å². The van der Waals surface area contributed by atoms with Crippen LogP contribution in [0.2, 0.25) is 0 Å². The smallest absolute Gasteiger partial charge is 0.0220 e. The third-order valence-electron chi connectivity index (χ3n) is 1.95. The standard InChI is InChI=1S/C10H15BrN2/c1-8(6-12)13-7-9-4-2-3-5-10(9)11/h2-5,8,13H,6-7,12H2,1H3/t8-/m0/s1. The van der Waals surface area contributed by atoms with Crippen LogP contribution in [0.25, 0.3) is 0 Å². The number of halogens is 1. The van der Waals surface area contributed by atoms with E-state index in [1.54, 1.807) is 0 Å². The lowest BCUT2D eigenvalue weighted by atomic mass is 10.2. The van der Waals surface area contributed by atoms with E-state index in [0.29, 0.717) is 12.6 Å². The van der Waals surface area contributed by atoms with Crippen molar-refractivity contribution in [2.45, 2.75) is 19.5 Å². The molecule has 0 radical (unpaired) electrons. The summed E-state index contributed by atoms with van der Waals surface area (Å²) in [5.74, 6) is 0. The molecule has 13 heavy (non-hydrogen) atoms. The lowest BCUT2D eigenvalue weighted by molar-refractivity contribution is 0.555. The molecule has 0 heterocycles. The Morgan fingerprint density at radius 2 is 2.15 bits per heavy atom. The molecule has 0 amide bonds. The van der Waals surface area contributed by atoms with Crippen molar-refractivity contribution < 1.29 is 0 Å². The van der Waals surface area contributed by atoms with E-state index >= 15 is 0 Å². The van der Waals surface area contributed by atoms with Gasteiger partial charge in [-0.15, -0.1) is 0 Å². The van der Waals surface area contributed by atoms with Gasteiger partial charge in [-0.05, 0) is 18.6 Å². The maximum absolute atomic E-state index is 5.50. The summed E-state index contributed by atoms with van der Waals surface area (Å²) in [5, 5.41) is 3.33. The van der Waals surface area contributed by atoms with Crippen molar-refractivity contribution in [2.75, 3.05) is 6.54 Å². The predicted molar refractivity (Wildman–Crippen MR) is 59.5 cm³/mol. The van der Waals surface area contributed by atoms with E-state index in [9.17, 15) is 0 Å². The van der Waals surface area contributed by atoms with Crippen LogP contribution in [0.5, 0.6) is 0 Å². The van der Waals surface area contributed by atoms with Crippen molar-refractivity contribution in [3.8, 4) is 0 Å². The topological polar surface area (TPSA) is 38.0 Å². The monoisotopic (exact) mass is 242 g/mol. The van der Waals surface area contributed by atoms with Crippen LogP contribution in [0.1, 0.15) is 12.5 Å². The van der Waals surface area contributed by atoms with Crippen LogP contribution in [0, 0.1) is 0 Å². The number of nitrogens with one attached hydrogen (secondary N) is 1. The number of nitrogens with two attached hydrogens (primary N) is 1. The van der Waals surface area contributed by atoms with E-state index in [2.05, 4.69) is 34.2 Å². The molecular formula is C10H15BrN2. The van der Waals surface area contributed by atoms with Crippen molar-refractivity contribution in [3.63, 3.8) is 0 Å². The molecule has 0 spiro atoms. The number of rotatable bonds is 4. The SMILES string of the molecule is C[C@@H](CN)NCc1ccccc1Br. The number of benzene rings is 1. The molecule has 0 bridgehead atoms.